The number of carbonyl (C=O) groups excluding carboxylic acids is 1. The van der Waals surface area contributed by atoms with Crippen molar-refractivity contribution in [2.45, 2.75) is 31.3 Å². The van der Waals surface area contributed by atoms with Gasteiger partial charge in [0.15, 0.2) is 5.78 Å². The van der Waals surface area contributed by atoms with E-state index in [2.05, 4.69) is 10.1 Å². The van der Waals surface area contributed by atoms with Gasteiger partial charge in [-0.2, -0.15) is 0 Å². The minimum Gasteiger partial charge on any atom is -0.406 e. The zero-order chi connectivity index (χ0) is 15.5. The van der Waals surface area contributed by atoms with E-state index in [1.54, 1.807) is 7.11 Å². The van der Waals surface area contributed by atoms with Crippen molar-refractivity contribution in [3.8, 4) is 5.75 Å². The van der Waals surface area contributed by atoms with Crippen LogP contribution in [-0.4, -0.2) is 37.9 Å². The molecule has 7 heteroatoms. The summed E-state index contributed by atoms with van der Waals surface area (Å²) in [6.07, 6.45) is -3.90. The summed E-state index contributed by atoms with van der Waals surface area (Å²) in [6.45, 7) is 0.630. The Bertz CT molecular complexity index is 487. The third-order valence-corrected chi connectivity index (χ3v) is 3.35. The lowest BCUT2D eigenvalue weighted by Gasteiger charge is -2.11. The van der Waals surface area contributed by atoms with Gasteiger partial charge in [-0.25, -0.2) is 0 Å². The number of methoxy groups -OCH3 is 1. The molecule has 2 atom stereocenters. The first kappa shape index (κ1) is 15.8. The molecule has 1 aromatic rings. The van der Waals surface area contributed by atoms with Gasteiger partial charge in [0.05, 0.1) is 12.1 Å². The highest BCUT2D eigenvalue weighted by molar-refractivity contribution is 5.86. The van der Waals surface area contributed by atoms with Crippen LogP contribution in [-0.2, 0) is 16.0 Å². The molecule has 0 aromatic heterocycles. The molecule has 2 rings (SSSR count). The van der Waals surface area contributed by atoms with E-state index >= 15 is 0 Å². The molecule has 21 heavy (non-hydrogen) atoms. The lowest BCUT2D eigenvalue weighted by atomic mass is 10.0. The van der Waals surface area contributed by atoms with Crippen LogP contribution in [0.4, 0.5) is 13.2 Å². The Morgan fingerprint density at radius 3 is 2.52 bits per heavy atom. The van der Waals surface area contributed by atoms with E-state index < -0.39 is 6.36 Å². The minimum atomic E-state index is -4.71. The predicted octanol–water partition coefficient (Wildman–Crippen LogP) is 2.07. The third kappa shape index (κ3) is 4.71. The number of ether oxygens (including phenoxy) is 2. The number of benzene rings is 1. The molecule has 1 aromatic carbocycles. The van der Waals surface area contributed by atoms with E-state index in [0.29, 0.717) is 18.5 Å². The van der Waals surface area contributed by atoms with Crippen LogP contribution in [0.3, 0.4) is 0 Å². The summed E-state index contributed by atoms with van der Waals surface area (Å²) in [7, 11) is 1.60. The van der Waals surface area contributed by atoms with Gasteiger partial charge in [-0.05, 0) is 24.1 Å². The largest absolute Gasteiger partial charge is 0.573 e. The van der Waals surface area contributed by atoms with Gasteiger partial charge in [0.2, 0.25) is 0 Å². The summed E-state index contributed by atoms with van der Waals surface area (Å²) in [4.78, 5) is 12.1. The average molecular weight is 303 g/mol. The van der Waals surface area contributed by atoms with E-state index in [-0.39, 0.29) is 30.1 Å². The van der Waals surface area contributed by atoms with E-state index in [9.17, 15) is 18.0 Å². The van der Waals surface area contributed by atoms with Gasteiger partial charge in [0, 0.05) is 20.1 Å². The Labute approximate surface area is 120 Å². The van der Waals surface area contributed by atoms with Gasteiger partial charge in [0.1, 0.15) is 5.75 Å². The SMILES string of the molecule is COC1CNC(C(=O)Cc2ccc(OC(F)(F)F)cc2)C1. The first-order valence-corrected chi connectivity index (χ1v) is 6.51. The molecule has 0 saturated carbocycles. The number of ketones is 1. The molecule has 4 nitrogen and oxygen atoms in total. The summed E-state index contributed by atoms with van der Waals surface area (Å²) in [5.41, 5.74) is 0.650. The fraction of sp³-hybridized carbons (Fsp3) is 0.500. The smallest absolute Gasteiger partial charge is 0.406 e. The molecule has 1 N–H and O–H groups in total. The number of carbonyl (C=O) groups is 1. The molecule has 1 aliphatic rings. The molecule has 0 bridgehead atoms. The minimum absolute atomic E-state index is 0.000889. The second-order valence-electron chi connectivity index (χ2n) is 4.89. The van der Waals surface area contributed by atoms with E-state index in [1.165, 1.54) is 24.3 Å². The quantitative estimate of drug-likeness (QED) is 0.904. The number of hydrogen-bond donors (Lipinski definition) is 1. The van der Waals surface area contributed by atoms with Crippen LogP contribution >= 0.6 is 0 Å². The predicted molar refractivity (Wildman–Crippen MR) is 69.0 cm³/mol. The highest BCUT2D eigenvalue weighted by atomic mass is 19.4. The average Bonchev–Trinajstić information content (AvgIpc) is 2.88. The molecule has 2 unspecified atom stereocenters. The maximum Gasteiger partial charge on any atom is 0.573 e. The van der Waals surface area contributed by atoms with Crippen molar-refractivity contribution in [1.29, 1.82) is 0 Å². The van der Waals surface area contributed by atoms with E-state index in [4.69, 9.17) is 4.74 Å². The van der Waals surface area contributed by atoms with Gasteiger partial charge in [-0.1, -0.05) is 12.1 Å². The molecule has 0 radical (unpaired) electrons. The van der Waals surface area contributed by atoms with E-state index in [1.807, 2.05) is 0 Å². The Balaban J connectivity index is 1.90. The van der Waals surface area contributed by atoms with Gasteiger partial charge in [0.25, 0.3) is 0 Å². The van der Waals surface area contributed by atoms with E-state index in [0.717, 1.165) is 0 Å². The van der Waals surface area contributed by atoms with Crippen molar-refractivity contribution < 1.29 is 27.4 Å². The van der Waals surface area contributed by atoms with Crippen LogP contribution in [0.5, 0.6) is 5.75 Å². The number of hydrogen-bond acceptors (Lipinski definition) is 4. The fourth-order valence-corrected chi connectivity index (χ4v) is 2.26. The molecule has 0 amide bonds. The Hall–Kier alpha value is -1.60. The zero-order valence-electron chi connectivity index (χ0n) is 11.4. The number of alkyl halides is 3. The maximum absolute atomic E-state index is 12.1. The van der Waals surface area contributed by atoms with Crippen molar-refractivity contribution in [3.63, 3.8) is 0 Å². The number of nitrogens with one attached hydrogen (secondary N) is 1. The lowest BCUT2D eigenvalue weighted by molar-refractivity contribution is -0.274. The van der Waals surface area contributed by atoms with Gasteiger partial charge in [-0.3, -0.25) is 4.79 Å². The van der Waals surface area contributed by atoms with Crippen molar-refractivity contribution >= 4 is 5.78 Å². The molecular formula is C14H16F3NO3. The van der Waals surface area contributed by atoms with Crippen molar-refractivity contribution in [1.82, 2.24) is 5.32 Å². The summed E-state index contributed by atoms with van der Waals surface area (Å²) in [6, 6.07) is 5.07. The first-order chi connectivity index (χ1) is 9.87. The highest BCUT2D eigenvalue weighted by Gasteiger charge is 2.31. The number of halogens is 3. The van der Waals surface area contributed by atoms with Gasteiger partial charge in [-0.15, -0.1) is 13.2 Å². The standard InChI is InChI=1S/C14H16F3NO3/c1-20-11-7-12(18-8-11)13(19)6-9-2-4-10(5-3-9)21-14(15,16)17/h2-5,11-12,18H,6-8H2,1H3. The summed E-state index contributed by atoms with van der Waals surface area (Å²) in [5.74, 6) is -0.295. The summed E-state index contributed by atoms with van der Waals surface area (Å²) < 4.78 is 45.0. The fourth-order valence-electron chi connectivity index (χ4n) is 2.26. The van der Waals surface area contributed by atoms with Crippen LogP contribution in [0.2, 0.25) is 0 Å². The molecule has 1 saturated heterocycles. The monoisotopic (exact) mass is 303 g/mol. The summed E-state index contributed by atoms with van der Waals surface area (Å²) in [5, 5.41) is 3.07. The lowest BCUT2D eigenvalue weighted by Crippen LogP contribution is -2.31. The molecule has 0 aliphatic carbocycles. The zero-order valence-corrected chi connectivity index (χ0v) is 11.4. The Kier molecular flexibility index (Phi) is 4.84. The summed E-state index contributed by atoms with van der Waals surface area (Å²) >= 11 is 0. The normalized spacial score (nSPS) is 22.3. The van der Waals surface area contributed by atoms with Crippen LogP contribution in [0, 0.1) is 0 Å². The van der Waals surface area contributed by atoms with Crippen LogP contribution in [0.25, 0.3) is 0 Å². The van der Waals surface area contributed by atoms with Crippen molar-refractivity contribution in [3.05, 3.63) is 29.8 Å². The highest BCUT2D eigenvalue weighted by Crippen LogP contribution is 2.23. The second-order valence-corrected chi connectivity index (χ2v) is 4.89. The first-order valence-electron chi connectivity index (χ1n) is 6.51. The van der Waals surface area contributed by atoms with Crippen molar-refractivity contribution in [2.75, 3.05) is 13.7 Å². The van der Waals surface area contributed by atoms with Crippen LogP contribution < -0.4 is 10.1 Å². The second kappa shape index (κ2) is 6.44. The van der Waals surface area contributed by atoms with Crippen LogP contribution in [0.15, 0.2) is 24.3 Å². The van der Waals surface area contributed by atoms with Gasteiger partial charge >= 0.3 is 6.36 Å². The topological polar surface area (TPSA) is 47.6 Å². The van der Waals surface area contributed by atoms with Crippen LogP contribution in [0.1, 0.15) is 12.0 Å². The third-order valence-electron chi connectivity index (χ3n) is 3.35. The molecule has 1 aliphatic heterocycles. The van der Waals surface area contributed by atoms with Crippen molar-refractivity contribution in [2.24, 2.45) is 0 Å². The Morgan fingerprint density at radius 1 is 1.33 bits per heavy atom. The maximum atomic E-state index is 12.1. The molecule has 1 heterocycles. The molecule has 0 spiro atoms. The molecule has 1 fully saturated rings. The molecule has 116 valence electrons. The number of Topliss-reactive ketones (excluding diaryl/α,β-unsaturated/α-hetero) is 1. The Morgan fingerprint density at radius 2 is 2.00 bits per heavy atom. The van der Waals surface area contributed by atoms with Gasteiger partial charge < -0.3 is 14.8 Å². The molecular weight excluding hydrogens is 287 g/mol. The number of rotatable bonds is 5.